The van der Waals surface area contributed by atoms with Gasteiger partial charge in [0.25, 0.3) is 5.06 Å². The van der Waals surface area contributed by atoms with Gasteiger partial charge in [0.05, 0.1) is 22.2 Å². The molecular formula is C12H13N3O4S. The summed E-state index contributed by atoms with van der Waals surface area (Å²) in [7, 11) is 0. The molecule has 2 heterocycles. The highest BCUT2D eigenvalue weighted by molar-refractivity contribution is 7.16. The van der Waals surface area contributed by atoms with Crippen molar-refractivity contribution >= 4 is 22.8 Å². The smallest absolute Gasteiger partial charge is 0.323 e. The van der Waals surface area contributed by atoms with Crippen LogP contribution in [-0.2, 0) is 6.54 Å². The lowest BCUT2D eigenvalue weighted by molar-refractivity contribution is -0.385. The summed E-state index contributed by atoms with van der Waals surface area (Å²) >= 11 is 0.963. The van der Waals surface area contributed by atoms with Crippen molar-refractivity contribution in [2.24, 2.45) is 0 Å². The predicted molar refractivity (Wildman–Crippen MR) is 73.6 cm³/mol. The summed E-state index contributed by atoms with van der Waals surface area (Å²) in [5.41, 5.74) is -0.205. The van der Waals surface area contributed by atoms with Crippen molar-refractivity contribution in [1.82, 2.24) is 9.78 Å². The number of ketones is 1. The molecule has 0 spiro atoms. The first kappa shape index (κ1) is 14.2. The van der Waals surface area contributed by atoms with Crippen LogP contribution >= 0.6 is 11.3 Å². The zero-order valence-corrected chi connectivity index (χ0v) is 11.8. The minimum Gasteiger partial charge on any atom is -0.437 e. The molecule has 0 aromatic carbocycles. The van der Waals surface area contributed by atoms with Gasteiger partial charge in [-0.25, -0.2) is 0 Å². The minimum atomic E-state index is -0.561. The molecule has 0 aliphatic heterocycles. The number of Topliss-reactive ketones (excluding diaryl/α,β-unsaturated/α-hetero) is 1. The van der Waals surface area contributed by atoms with Gasteiger partial charge in [-0.1, -0.05) is 18.3 Å². The fraction of sp³-hybridized carbons (Fsp3) is 0.333. The minimum absolute atomic E-state index is 0.0937. The van der Waals surface area contributed by atoms with Gasteiger partial charge < -0.3 is 4.74 Å². The number of carbonyl (C=O) groups excluding carboxylic acids is 1. The number of ether oxygens (including phenoxy) is 1. The van der Waals surface area contributed by atoms with E-state index in [1.165, 1.54) is 19.2 Å². The van der Waals surface area contributed by atoms with E-state index in [-0.39, 0.29) is 16.5 Å². The molecule has 0 aliphatic rings. The van der Waals surface area contributed by atoms with Crippen LogP contribution in [0.2, 0.25) is 0 Å². The zero-order chi connectivity index (χ0) is 14.7. The Morgan fingerprint density at radius 2 is 2.35 bits per heavy atom. The molecule has 7 nitrogen and oxygen atoms in total. The second-order valence-electron chi connectivity index (χ2n) is 4.14. The van der Waals surface area contributed by atoms with Crippen molar-refractivity contribution in [3.63, 3.8) is 0 Å². The molecule has 8 heteroatoms. The molecule has 0 N–H and O–H groups in total. The fourth-order valence-electron chi connectivity index (χ4n) is 1.59. The molecule has 0 fully saturated rings. The highest BCUT2D eigenvalue weighted by Gasteiger charge is 2.23. The summed E-state index contributed by atoms with van der Waals surface area (Å²) in [6.45, 7) is 4.12. The molecule has 2 aromatic heterocycles. The topological polar surface area (TPSA) is 87.3 Å². The standard InChI is InChI=1S/C12H13N3O4S/c1-3-4-14-7-9(6-13-14)19-12-10(15(17)18)5-11(20-12)8(2)16/h5-7H,3-4H2,1-2H3. The van der Waals surface area contributed by atoms with Crippen molar-refractivity contribution in [2.45, 2.75) is 26.8 Å². The molecule has 0 bridgehead atoms. The van der Waals surface area contributed by atoms with Gasteiger partial charge in [-0.15, -0.1) is 0 Å². The molecule has 2 rings (SSSR count). The maximum atomic E-state index is 11.3. The van der Waals surface area contributed by atoms with Crippen molar-refractivity contribution < 1.29 is 14.5 Å². The van der Waals surface area contributed by atoms with Crippen LogP contribution in [0, 0.1) is 10.1 Å². The van der Waals surface area contributed by atoms with Gasteiger partial charge in [-0.05, 0) is 13.3 Å². The van der Waals surface area contributed by atoms with Crippen molar-refractivity contribution in [3.8, 4) is 10.8 Å². The first-order valence-corrected chi connectivity index (χ1v) is 6.82. The molecule has 0 unspecified atom stereocenters. The number of nitrogens with zero attached hydrogens (tertiary/aromatic N) is 3. The third-order valence-electron chi connectivity index (χ3n) is 2.50. The first-order chi connectivity index (χ1) is 9.51. The number of hydrogen-bond acceptors (Lipinski definition) is 6. The monoisotopic (exact) mass is 295 g/mol. The molecule has 0 radical (unpaired) electrons. The Morgan fingerprint density at radius 3 is 2.95 bits per heavy atom. The summed E-state index contributed by atoms with van der Waals surface area (Å²) in [6.07, 6.45) is 4.09. The van der Waals surface area contributed by atoms with Gasteiger partial charge in [0.2, 0.25) is 0 Å². The average Bonchev–Trinajstić information content (AvgIpc) is 2.97. The van der Waals surface area contributed by atoms with Crippen LogP contribution in [0.5, 0.6) is 10.8 Å². The third kappa shape index (κ3) is 3.02. The van der Waals surface area contributed by atoms with Crippen LogP contribution in [-0.4, -0.2) is 20.5 Å². The maximum Gasteiger partial charge on any atom is 0.323 e. The molecule has 0 saturated heterocycles. The summed E-state index contributed by atoms with van der Waals surface area (Å²) < 4.78 is 7.17. The third-order valence-corrected chi connectivity index (χ3v) is 3.60. The molecule has 0 atom stereocenters. The van der Waals surface area contributed by atoms with E-state index in [0.717, 1.165) is 24.3 Å². The Balaban J connectivity index is 2.26. The van der Waals surface area contributed by atoms with E-state index < -0.39 is 4.92 Å². The fourth-order valence-corrected chi connectivity index (χ4v) is 2.48. The Kier molecular flexibility index (Phi) is 4.14. The van der Waals surface area contributed by atoms with E-state index in [9.17, 15) is 14.9 Å². The predicted octanol–water partition coefficient (Wildman–Crippen LogP) is 3.26. The number of aromatic nitrogens is 2. The maximum absolute atomic E-state index is 11.3. The molecule has 2 aromatic rings. The Labute approximate surface area is 118 Å². The van der Waals surface area contributed by atoms with E-state index in [2.05, 4.69) is 5.10 Å². The number of carbonyl (C=O) groups is 1. The van der Waals surface area contributed by atoms with E-state index in [4.69, 9.17) is 4.74 Å². The van der Waals surface area contributed by atoms with E-state index in [0.29, 0.717) is 10.6 Å². The molecule has 0 aliphatic carbocycles. The van der Waals surface area contributed by atoms with Crippen LogP contribution < -0.4 is 4.74 Å². The quantitative estimate of drug-likeness (QED) is 0.463. The largest absolute Gasteiger partial charge is 0.437 e. The van der Waals surface area contributed by atoms with Crippen LogP contribution in [0.15, 0.2) is 18.5 Å². The number of thiophene rings is 1. The second kappa shape index (κ2) is 5.83. The lowest BCUT2D eigenvalue weighted by atomic mass is 10.3. The van der Waals surface area contributed by atoms with Crippen LogP contribution in [0.4, 0.5) is 5.69 Å². The van der Waals surface area contributed by atoms with E-state index >= 15 is 0 Å². The van der Waals surface area contributed by atoms with Crippen molar-refractivity contribution in [1.29, 1.82) is 0 Å². The second-order valence-corrected chi connectivity index (χ2v) is 5.15. The van der Waals surface area contributed by atoms with Gasteiger partial charge in [0.1, 0.15) is 0 Å². The Bertz CT molecular complexity index is 647. The summed E-state index contributed by atoms with van der Waals surface area (Å²) in [5.74, 6) is 0.188. The molecule has 106 valence electrons. The van der Waals surface area contributed by atoms with Crippen LogP contribution in [0.1, 0.15) is 29.9 Å². The zero-order valence-electron chi connectivity index (χ0n) is 11.0. The lowest BCUT2D eigenvalue weighted by Gasteiger charge is -1.98. The van der Waals surface area contributed by atoms with Crippen LogP contribution in [0.25, 0.3) is 0 Å². The van der Waals surface area contributed by atoms with E-state index in [1.807, 2.05) is 6.92 Å². The molecule has 0 amide bonds. The molecule has 20 heavy (non-hydrogen) atoms. The average molecular weight is 295 g/mol. The first-order valence-electron chi connectivity index (χ1n) is 6.00. The van der Waals surface area contributed by atoms with Crippen molar-refractivity contribution in [2.75, 3.05) is 0 Å². The Hall–Kier alpha value is -2.22. The van der Waals surface area contributed by atoms with Crippen molar-refractivity contribution in [3.05, 3.63) is 33.5 Å². The number of nitro groups is 1. The van der Waals surface area contributed by atoms with Gasteiger partial charge in [0, 0.05) is 12.6 Å². The lowest BCUT2D eigenvalue weighted by Crippen LogP contribution is -1.95. The van der Waals surface area contributed by atoms with Gasteiger partial charge in [-0.2, -0.15) is 5.10 Å². The molecule has 0 saturated carbocycles. The molecular weight excluding hydrogens is 282 g/mol. The summed E-state index contributed by atoms with van der Waals surface area (Å²) in [4.78, 5) is 22.0. The number of rotatable bonds is 6. The normalized spacial score (nSPS) is 10.5. The van der Waals surface area contributed by atoms with Crippen LogP contribution in [0.3, 0.4) is 0 Å². The summed E-state index contributed by atoms with van der Waals surface area (Å²) in [6, 6.07) is 1.23. The highest BCUT2D eigenvalue weighted by Crippen LogP contribution is 2.39. The number of hydrogen-bond donors (Lipinski definition) is 0. The highest BCUT2D eigenvalue weighted by atomic mass is 32.1. The summed E-state index contributed by atoms with van der Waals surface area (Å²) in [5, 5.41) is 15.1. The SMILES string of the molecule is CCCn1cc(Oc2sc(C(C)=O)cc2[N+](=O)[O-])cn1. The Morgan fingerprint density at radius 1 is 1.60 bits per heavy atom. The number of aryl methyl sites for hydroxylation is 1. The van der Waals surface area contributed by atoms with Gasteiger partial charge in [0.15, 0.2) is 11.5 Å². The van der Waals surface area contributed by atoms with E-state index in [1.54, 1.807) is 10.9 Å². The van der Waals surface area contributed by atoms with Gasteiger partial charge >= 0.3 is 5.69 Å². The van der Waals surface area contributed by atoms with Gasteiger partial charge in [-0.3, -0.25) is 19.6 Å².